The van der Waals surface area contributed by atoms with Gasteiger partial charge in [0, 0.05) is 23.0 Å². The first-order valence-electron chi connectivity index (χ1n) is 4.41. The van der Waals surface area contributed by atoms with Gasteiger partial charge in [-0.1, -0.05) is 0 Å². The molecule has 0 saturated heterocycles. The molecule has 82 valence electrons. The van der Waals surface area contributed by atoms with E-state index in [0.29, 0.717) is 18.1 Å². The SMILES string of the molecule is NCCSCC(=O)Nc1ccc(Br)cn1. The van der Waals surface area contributed by atoms with E-state index in [-0.39, 0.29) is 5.91 Å². The van der Waals surface area contributed by atoms with Crippen LogP contribution < -0.4 is 11.1 Å². The first-order valence-corrected chi connectivity index (χ1v) is 6.36. The summed E-state index contributed by atoms with van der Waals surface area (Å²) in [5.74, 6) is 1.72. The molecule has 0 radical (unpaired) electrons. The Morgan fingerprint density at radius 3 is 3.00 bits per heavy atom. The summed E-state index contributed by atoms with van der Waals surface area (Å²) in [4.78, 5) is 15.4. The number of pyridine rings is 1. The maximum Gasteiger partial charge on any atom is 0.235 e. The zero-order chi connectivity index (χ0) is 11.1. The van der Waals surface area contributed by atoms with E-state index in [4.69, 9.17) is 5.73 Å². The number of nitrogens with zero attached hydrogens (tertiary/aromatic N) is 1. The number of rotatable bonds is 5. The summed E-state index contributed by atoms with van der Waals surface area (Å²) in [5.41, 5.74) is 5.31. The minimum atomic E-state index is -0.0525. The molecule has 0 bridgehead atoms. The van der Waals surface area contributed by atoms with Gasteiger partial charge in [-0.15, -0.1) is 0 Å². The number of carbonyl (C=O) groups is 1. The molecule has 0 unspecified atom stereocenters. The molecule has 0 atom stereocenters. The lowest BCUT2D eigenvalue weighted by atomic mass is 10.4. The van der Waals surface area contributed by atoms with Crippen LogP contribution >= 0.6 is 27.7 Å². The molecule has 0 fully saturated rings. The molecule has 15 heavy (non-hydrogen) atoms. The topological polar surface area (TPSA) is 68.0 Å². The maximum atomic E-state index is 11.3. The first kappa shape index (κ1) is 12.5. The summed E-state index contributed by atoms with van der Waals surface area (Å²) in [7, 11) is 0. The van der Waals surface area contributed by atoms with Crippen molar-refractivity contribution < 1.29 is 4.79 Å². The Morgan fingerprint density at radius 1 is 1.60 bits per heavy atom. The average Bonchev–Trinajstić information content (AvgIpc) is 2.22. The summed E-state index contributed by atoms with van der Waals surface area (Å²) < 4.78 is 0.887. The fourth-order valence-electron chi connectivity index (χ4n) is 0.877. The molecule has 0 aliphatic heterocycles. The molecule has 1 heterocycles. The van der Waals surface area contributed by atoms with Gasteiger partial charge in [-0.25, -0.2) is 4.98 Å². The van der Waals surface area contributed by atoms with Crippen molar-refractivity contribution in [2.45, 2.75) is 0 Å². The highest BCUT2D eigenvalue weighted by Crippen LogP contribution is 2.10. The predicted octanol–water partition coefficient (Wildman–Crippen LogP) is 1.47. The first-order chi connectivity index (χ1) is 7.22. The number of nitrogens with two attached hydrogens (primary N) is 1. The van der Waals surface area contributed by atoms with Crippen LogP contribution in [-0.2, 0) is 4.79 Å². The summed E-state index contributed by atoms with van der Waals surface area (Å²) in [5, 5.41) is 2.70. The molecule has 0 aliphatic rings. The molecule has 1 amide bonds. The third kappa shape index (κ3) is 5.15. The highest BCUT2D eigenvalue weighted by atomic mass is 79.9. The van der Waals surface area contributed by atoms with Crippen LogP contribution in [0, 0.1) is 0 Å². The van der Waals surface area contributed by atoms with Crippen molar-refractivity contribution in [1.82, 2.24) is 4.98 Å². The second-order valence-corrected chi connectivity index (χ2v) is 4.77. The van der Waals surface area contributed by atoms with Gasteiger partial charge in [0.05, 0.1) is 5.75 Å². The number of aromatic nitrogens is 1. The maximum absolute atomic E-state index is 11.3. The van der Waals surface area contributed by atoms with Crippen LogP contribution in [0.1, 0.15) is 0 Å². The van der Waals surface area contributed by atoms with Gasteiger partial charge in [0.1, 0.15) is 5.82 Å². The molecular weight excluding hydrogens is 278 g/mol. The lowest BCUT2D eigenvalue weighted by molar-refractivity contribution is -0.113. The Kier molecular flexibility index (Phi) is 5.67. The summed E-state index contributed by atoms with van der Waals surface area (Å²) in [6.07, 6.45) is 1.64. The van der Waals surface area contributed by atoms with Gasteiger partial charge < -0.3 is 11.1 Å². The Balaban J connectivity index is 2.34. The lowest BCUT2D eigenvalue weighted by Crippen LogP contribution is -2.16. The molecular formula is C9H12BrN3OS. The van der Waals surface area contributed by atoms with E-state index < -0.39 is 0 Å². The zero-order valence-electron chi connectivity index (χ0n) is 8.07. The van der Waals surface area contributed by atoms with Gasteiger partial charge in [-0.05, 0) is 28.1 Å². The number of amides is 1. The molecule has 6 heteroatoms. The Hall–Kier alpha value is -0.590. The van der Waals surface area contributed by atoms with Crippen LogP contribution in [0.5, 0.6) is 0 Å². The molecule has 0 spiro atoms. The number of thioether (sulfide) groups is 1. The van der Waals surface area contributed by atoms with E-state index in [0.717, 1.165) is 10.2 Å². The second kappa shape index (κ2) is 6.81. The standard InChI is InChI=1S/C9H12BrN3OS/c10-7-1-2-8(12-5-7)13-9(14)6-15-4-3-11/h1-2,5H,3-4,6,11H2,(H,12,13,14). The zero-order valence-corrected chi connectivity index (χ0v) is 10.5. The molecule has 0 aliphatic carbocycles. The lowest BCUT2D eigenvalue weighted by Gasteiger charge is -2.03. The monoisotopic (exact) mass is 289 g/mol. The van der Waals surface area contributed by atoms with E-state index >= 15 is 0 Å². The fraction of sp³-hybridized carbons (Fsp3) is 0.333. The number of hydrogen-bond acceptors (Lipinski definition) is 4. The number of carbonyl (C=O) groups excluding carboxylic acids is 1. The van der Waals surface area contributed by atoms with Crippen molar-refractivity contribution in [1.29, 1.82) is 0 Å². The van der Waals surface area contributed by atoms with Crippen molar-refractivity contribution in [3.8, 4) is 0 Å². The minimum Gasteiger partial charge on any atom is -0.330 e. The number of nitrogens with one attached hydrogen (secondary N) is 1. The largest absolute Gasteiger partial charge is 0.330 e. The molecule has 4 nitrogen and oxygen atoms in total. The Morgan fingerprint density at radius 2 is 2.40 bits per heavy atom. The quantitative estimate of drug-likeness (QED) is 0.806. The third-order valence-electron chi connectivity index (χ3n) is 1.49. The van der Waals surface area contributed by atoms with Gasteiger partial charge in [0.25, 0.3) is 0 Å². The number of anilines is 1. The van der Waals surface area contributed by atoms with E-state index in [1.54, 1.807) is 12.3 Å². The van der Waals surface area contributed by atoms with Crippen molar-refractivity contribution in [2.75, 3.05) is 23.4 Å². The summed E-state index contributed by atoms with van der Waals surface area (Å²) in [6.45, 7) is 0.592. The molecule has 1 aromatic heterocycles. The summed E-state index contributed by atoms with van der Waals surface area (Å²) in [6, 6.07) is 3.57. The van der Waals surface area contributed by atoms with Gasteiger partial charge in [-0.2, -0.15) is 11.8 Å². The average molecular weight is 290 g/mol. The smallest absolute Gasteiger partial charge is 0.235 e. The Bertz CT molecular complexity index is 318. The van der Waals surface area contributed by atoms with Crippen LogP contribution in [0.25, 0.3) is 0 Å². The predicted molar refractivity (Wildman–Crippen MR) is 66.9 cm³/mol. The number of hydrogen-bond donors (Lipinski definition) is 2. The van der Waals surface area contributed by atoms with Gasteiger partial charge in [-0.3, -0.25) is 4.79 Å². The molecule has 0 saturated carbocycles. The third-order valence-corrected chi connectivity index (χ3v) is 2.95. The minimum absolute atomic E-state index is 0.0525. The van der Waals surface area contributed by atoms with E-state index in [1.165, 1.54) is 11.8 Å². The van der Waals surface area contributed by atoms with Crippen LogP contribution in [-0.4, -0.2) is 28.9 Å². The molecule has 0 aromatic carbocycles. The fourth-order valence-corrected chi connectivity index (χ4v) is 1.68. The van der Waals surface area contributed by atoms with Crippen molar-refractivity contribution in [3.05, 3.63) is 22.8 Å². The molecule has 1 aromatic rings. The summed E-state index contributed by atoms with van der Waals surface area (Å²) >= 11 is 4.78. The Labute approximate surface area is 101 Å². The van der Waals surface area contributed by atoms with E-state index in [1.807, 2.05) is 6.07 Å². The van der Waals surface area contributed by atoms with Gasteiger partial charge in [0.2, 0.25) is 5.91 Å². The van der Waals surface area contributed by atoms with E-state index in [2.05, 4.69) is 26.2 Å². The van der Waals surface area contributed by atoms with E-state index in [9.17, 15) is 4.79 Å². The molecule has 3 N–H and O–H groups in total. The van der Waals surface area contributed by atoms with Crippen LogP contribution in [0.15, 0.2) is 22.8 Å². The normalized spacial score (nSPS) is 10.0. The highest BCUT2D eigenvalue weighted by Gasteiger charge is 2.02. The van der Waals surface area contributed by atoms with Crippen LogP contribution in [0.2, 0.25) is 0 Å². The van der Waals surface area contributed by atoms with Crippen molar-refractivity contribution >= 4 is 39.4 Å². The highest BCUT2D eigenvalue weighted by molar-refractivity contribution is 9.10. The van der Waals surface area contributed by atoms with Gasteiger partial charge in [0.15, 0.2) is 0 Å². The van der Waals surface area contributed by atoms with Crippen LogP contribution in [0.3, 0.4) is 0 Å². The van der Waals surface area contributed by atoms with Crippen molar-refractivity contribution in [2.24, 2.45) is 5.73 Å². The molecule has 1 rings (SSSR count). The van der Waals surface area contributed by atoms with Crippen molar-refractivity contribution in [3.63, 3.8) is 0 Å². The number of halogens is 1. The van der Waals surface area contributed by atoms with Crippen LogP contribution in [0.4, 0.5) is 5.82 Å². The second-order valence-electron chi connectivity index (χ2n) is 2.75. The van der Waals surface area contributed by atoms with Gasteiger partial charge >= 0.3 is 0 Å².